The Morgan fingerprint density at radius 1 is 0.452 bits per heavy atom. The minimum Gasteiger partial charge on any atom is -0.289 e. The van der Waals surface area contributed by atoms with E-state index in [0.717, 1.165) is 40.3 Å². The number of hydrogen-bond donors (Lipinski definition) is 0. The van der Waals surface area contributed by atoms with Gasteiger partial charge >= 0.3 is 0 Å². The van der Waals surface area contributed by atoms with E-state index in [4.69, 9.17) is 0 Å². The number of fused-ring (bicyclic) bond motifs is 4. The molecule has 0 radical (unpaired) electrons. The van der Waals surface area contributed by atoms with Crippen LogP contribution in [0, 0.1) is 0 Å². The fourth-order valence-electron chi connectivity index (χ4n) is 5.44. The first-order valence-corrected chi connectivity index (χ1v) is 16.6. The Kier molecular flexibility index (Phi) is 8.68. The van der Waals surface area contributed by atoms with Gasteiger partial charge < -0.3 is 0 Å². The number of benzene rings is 4. The third-order valence-corrected chi connectivity index (χ3v) is 10.5. The highest BCUT2D eigenvalue weighted by molar-refractivity contribution is 7.25. The third kappa shape index (κ3) is 5.67. The molecule has 216 valence electrons. The highest BCUT2D eigenvalue weighted by Crippen LogP contribution is 2.35. The van der Waals surface area contributed by atoms with E-state index < -0.39 is 0 Å². The van der Waals surface area contributed by atoms with Gasteiger partial charge in [0.05, 0.1) is 0 Å². The van der Waals surface area contributed by atoms with Crippen LogP contribution in [0.1, 0.15) is 101 Å². The SMILES string of the molecule is CC(C)c1cc(C(C)C)c2sc3ccccc3c(=O)c2c1.CC(C)c1cc(C(C)C)c2sc3ccccc3c(=O)c2c1. The molecule has 0 unspecified atom stereocenters. The largest absolute Gasteiger partial charge is 0.289 e. The summed E-state index contributed by atoms with van der Waals surface area (Å²) in [6.07, 6.45) is 0. The van der Waals surface area contributed by atoms with Crippen molar-refractivity contribution < 1.29 is 0 Å². The molecule has 2 heterocycles. The molecule has 4 aromatic carbocycles. The lowest BCUT2D eigenvalue weighted by molar-refractivity contribution is 0.842. The molecule has 42 heavy (non-hydrogen) atoms. The van der Waals surface area contributed by atoms with Gasteiger partial charge in [0.25, 0.3) is 0 Å². The summed E-state index contributed by atoms with van der Waals surface area (Å²) in [6, 6.07) is 24.6. The van der Waals surface area contributed by atoms with Crippen molar-refractivity contribution in [1.82, 2.24) is 0 Å². The first kappa shape index (κ1) is 30.1. The van der Waals surface area contributed by atoms with Crippen LogP contribution < -0.4 is 10.9 Å². The quantitative estimate of drug-likeness (QED) is 0.191. The Labute approximate surface area is 256 Å². The summed E-state index contributed by atoms with van der Waals surface area (Å²) in [5.41, 5.74) is 5.44. The molecular formula is C38H40O2S2. The molecule has 0 spiro atoms. The lowest BCUT2D eigenvalue weighted by Gasteiger charge is -2.15. The van der Waals surface area contributed by atoms with Crippen molar-refractivity contribution in [3.05, 3.63) is 115 Å². The van der Waals surface area contributed by atoms with Gasteiger partial charge in [0.2, 0.25) is 0 Å². The Morgan fingerprint density at radius 3 is 1.14 bits per heavy atom. The fourth-order valence-corrected chi connectivity index (χ4v) is 8.06. The van der Waals surface area contributed by atoms with E-state index in [2.05, 4.69) is 79.7 Å². The molecule has 4 heteroatoms. The lowest BCUT2D eigenvalue weighted by Crippen LogP contribution is -2.04. The zero-order valence-corrected chi connectivity index (χ0v) is 27.5. The molecule has 6 rings (SSSR count). The van der Waals surface area contributed by atoms with Crippen molar-refractivity contribution in [1.29, 1.82) is 0 Å². The van der Waals surface area contributed by atoms with E-state index >= 15 is 0 Å². The second-order valence-corrected chi connectivity index (χ2v) is 14.6. The van der Waals surface area contributed by atoms with Gasteiger partial charge in [-0.2, -0.15) is 0 Å². The van der Waals surface area contributed by atoms with Crippen LogP contribution in [0.5, 0.6) is 0 Å². The monoisotopic (exact) mass is 592 g/mol. The van der Waals surface area contributed by atoms with Crippen molar-refractivity contribution in [2.45, 2.75) is 79.1 Å². The van der Waals surface area contributed by atoms with E-state index in [-0.39, 0.29) is 10.9 Å². The molecule has 0 aliphatic carbocycles. The zero-order valence-electron chi connectivity index (χ0n) is 25.9. The zero-order chi connectivity index (χ0) is 30.3. The molecule has 0 fully saturated rings. The van der Waals surface area contributed by atoms with Crippen LogP contribution in [-0.4, -0.2) is 0 Å². The van der Waals surface area contributed by atoms with Gasteiger partial charge in [0.1, 0.15) is 0 Å². The van der Waals surface area contributed by atoms with Gasteiger partial charge in [-0.3, -0.25) is 9.59 Å². The molecule has 0 atom stereocenters. The summed E-state index contributed by atoms with van der Waals surface area (Å²) in [4.78, 5) is 25.7. The summed E-state index contributed by atoms with van der Waals surface area (Å²) < 4.78 is 4.46. The summed E-state index contributed by atoms with van der Waals surface area (Å²) in [5, 5.41) is 3.44. The summed E-state index contributed by atoms with van der Waals surface area (Å²) in [5.74, 6) is 1.71. The van der Waals surface area contributed by atoms with E-state index in [1.165, 1.54) is 22.3 Å². The maximum atomic E-state index is 12.8. The van der Waals surface area contributed by atoms with Gasteiger partial charge in [0.15, 0.2) is 10.9 Å². The van der Waals surface area contributed by atoms with Gasteiger partial charge in [-0.05, 0) is 82.3 Å². The van der Waals surface area contributed by atoms with E-state index in [9.17, 15) is 9.59 Å². The molecule has 0 aliphatic rings. The van der Waals surface area contributed by atoms with Crippen molar-refractivity contribution in [3.63, 3.8) is 0 Å². The fraction of sp³-hybridized carbons (Fsp3) is 0.316. The van der Waals surface area contributed by atoms with Crippen LogP contribution in [0.2, 0.25) is 0 Å². The first-order valence-electron chi connectivity index (χ1n) is 15.0. The van der Waals surface area contributed by atoms with Crippen LogP contribution in [0.25, 0.3) is 40.3 Å². The van der Waals surface area contributed by atoms with E-state index in [1.54, 1.807) is 22.7 Å². The lowest BCUT2D eigenvalue weighted by atomic mass is 9.93. The molecule has 0 amide bonds. The Bertz CT molecular complexity index is 1890. The molecule has 0 N–H and O–H groups in total. The van der Waals surface area contributed by atoms with E-state index in [0.29, 0.717) is 23.7 Å². The van der Waals surface area contributed by atoms with Crippen LogP contribution in [0.4, 0.5) is 0 Å². The molecule has 0 saturated carbocycles. The third-order valence-electron chi connectivity index (χ3n) is 8.03. The second kappa shape index (κ2) is 12.1. The number of rotatable bonds is 4. The predicted octanol–water partition coefficient (Wildman–Crippen LogP) is 11.3. The Balaban J connectivity index is 0.000000168. The molecule has 6 aromatic rings. The smallest absolute Gasteiger partial charge is 0.195 e. The topological polar surface area (TPSA) is 34.1 Å². The van der Waals surface area contributed by atoms with Crippen LogP contribution in [0.3, 0.4) is 0 Å². The van der Waals surface area contributed by atoms with Crippen molar-refractivity contribution in [2.24, 2.45) is 0 Å². The second-order valence-electron chi connectivity index (χ2n) is 12.4. The van der Waals surface area contributed by atoms with Gasteiger partial charge in [-0.25, -0.2) is 0 Å². The minimum absolute atomic E-state index is 0.170. The summed E-state index contributed by atoms with van der Waals surface area (Å²) in [6.45, 7) is 17.5. The normalized spacial score (nSPS) is 11.9. The average Bonchev–Trinajstić information content (AvgIpc) is 2.96. The Morgan fingerprint density at radius 2 is 0.810 bits per heavy atom. The van der Waals surface area contributed by atoms with Crippen LogP contribution in [0.15, 0.2) is 82.4 Å². The maximum Gasteiger partial charge on any atom is 0.195 e. The number of hydrogen-bond acceptors (Lipinski definition) is 4. The minimum atomic E-state index is 0.170. The standard InChI is InChI=1S/2C19H20OS/c2*1-11(2)13-9-15(12(3)4)19-16(10-13)18(20)14-7-5-6-8-17(14)21-19/h2*5-12H,1-4H3. The summed E-state index contributed by atoms with van der Waals surface area (Å²) >= 11 is 3.48. The van der Waals surface area contributed by atoms with Crippen molar-refractivity contribution in [3.8, 4) is 0 Å². The molecule has 0 bridgehead atoms. The predicted molar refractivity (Wildman–Crippen MR) is 188 cm³/mol. The highest BCUT2D eigenvalue weighted by Gasteiger charge is 2.16. The maximum absolute atomic E-state index is 12.8. The van der Waals surface area contributed by atoms with Gasteiger partial charge in [-0.1, -0.05) is 91.8 Å². The molecule has 0 saturated heterocycles. The highest BCUT2D eigenvalue weighted by atomic mass is 32.1. The first-order chi connectivity index (χ1) is 20.0. The summed E-state index contributed by atoms with van der Waals surface area (Å²) in [7, 11) is 0. The van der Waals surface area contributed by atoms with Gasteiger partial charge in [0, 0.05) is 40.3 Å². The molecular weight excluding hydrogens is 553 g/mol. The molecule has 2 nitrogen and oxygen atoms in total. The molecule has 0 aliphatic heterocycles. The molecule has 2 aromatic heterocycles. The average molecular weight is 593 g/mol. The Hall–Kier alpha value is -3.34. The van der Waals surface area contributed by atoms with Gasteiger partial charge in [-0.15, -0.1) is 22.7 Å². The van der Waals surface area contributed by atoms with Crippen LogP contribution >= 0.6 is 22.7 Å². The van der Waals surface area contributed by atoms with Crippen molar-refractivity contribution in [2.75, 3.05) is 0 Å². The van der Waals surface area contributed by atoms with E-state index in [1.807, 2.05) is 48.5 Å². The van der Waals surface area contributed by atoms with Crippen molar-refractivity contribution >= 4 is 63.0 Å². The van der Waals surface area contributed by atoms with Crippen LogP contribution in [-0.2, 0) is 0 Å².